The number of amides is 3. The second kappa shape index (κ2) is 5.97. The fourth-order valence-electron chi connectivity index (χ4n) is 3.27. The summed E-state index contributed by atoms with van der Waals surface area (Å²) >= 11 is 1.39. The van der Waals surface area contributed by atoms with E-state index in [0.29, 0.717) is 24.5 Å². The van der Waals surface area contributed by atoms with Crippen LogP contribution in [0.3, 0.4) is 0 Å². The molecule has 1 N–H and O–H groups in total. The van der Waals surface area contributed by atoms with Gasteiger partial charge in [0, 0.05) is 25.0 Å². The van der Waals surface area contributed by atoms with Crippen LogP contribution in [0.1, 0.15) is 22.6 Å². The number of hydrogen-bond acceptors (Lipinski definition) is 4. The van der Waals surface area contributed by atoms with Crippen LogP contribution >= 0.6 is 11.3 Å². The average molecular weight is 318 g/mol. The largest absolute Gasteiger partial charge is 0.343 e. The van der Waals surface area contributed by atoms with E-state index in [1.807, 2.05) is 6.07 Å². The Labute approximate surface area is 133 Å². The number of rotatable bonds is 2. The van der Waals surface area contributed by atoms with Gasteiger partial charge in [0.2, 0.25) is 5.91 Å². The van der Waals surface area contributed by atoms with Crippen molar-refractivity contribution < 1.29 is 9.59 Å². The highest BCUT2D eigenvalue weighted by molar-refractivity contribution is 7.12. The van der Waals surface area contributed by atoms with Crippen molar-refractivity contribution in [1.82, 2.24) is 15.1 Å². The zero-order valence-corrected chi connectivity index (χ0v) is 13.2. The van der Waals surface area contributed by atoms with Gasteiger partial charge in [-0.3, -0.25) is 4.79 Å². The second-order valence-corrected chi connectivity index (χ2v) is 6.93. The number of urea groups is 1. The predicted molar refractivity (Wildman–Crippen MR) is 82.1 cm³/mol. The van der Waals surface area contributed by atoms with Crippen molar-refractivity contribution >= 4 is 23.3 Å². The van der Waals surface area contributed by atoms with Crippen molar-refractivity contribution in [2.45, 2.75) is 25.4 Å². The number of piperidine rings is 1. The highest BCUT2D eigenvalue weighted by Gasteiger charge is 2.45. The summed E-state index contributed by atoms with van der Waals surface area (Å²) in [4.78, 5) is 29.6. The van der Waals surface area contributed by atoms with Gasteiger partial charge in [-0.05, 0) is 25.0 Å². The second-order valence-electron chi connectivity index (χ2n) is 5.76. The fourth-order valence-corrected chi connectivity index (χ4v) is 4.02. The van der Waals surface area contributed by atoms with Crippen LogP contribution in [0.15, 0.2) is 12.1 Å². The maximum absolute atomic E-state index is 12.4. The molecule has 1 aromatic heterocycles. The van der Waals surface area contributed by atoms with Crippen LogP contribution in [0, 0.1) is 17.2 Å². The van der Waals surface area contributed by atoms with E-state index in [1.54, 1.807) is 22.9 Å². The zero-order valence-electron chi connectivity index (χ0n) is 12.4. The lowest BCUT2D eigenvalue weighted by Gasteiger charge is -2.35. The molecular weight excluding hydrogens is 300 g/mol. The molecule has 0 radical (unpaired) electrons. The first-order valence-corrected chi connectivity index (χ1v) is 8.20. The van der Waals surface area contributed by atoms with Gasteiger partial charge in [-0.2, -0.15) is 5.26 Å². The van der Waals surface area contributed by atoms with Crippen molar-refractivity contribution in [3.05, 3.63) is 21.9 Å². The molecular formula is C15H18N4O2S. The minimum Gasteiger partial charge on any atom is -0.343 e. The SMILES string of the molecule is CN1C[C@@H]2[C@@H](CCCN2C(=O)NCc2ccc(C#N)s2)C1=O. The highest BCUT2D eigenvalue weighted by Crippen LogP contribution is 2.31. The molecule has 6 nitrogen and oxygen atoms in total. The molecule has 0 unspecified atom stereocenters. The lowest BCUT2D eigenvalue weighted by atomic mass is 9.92. The number of nitriles is 1. The van der Waals surface area contributed by atoms with E-state index < -0.39 is 0 Å². The van der Waals surface area contributed by atoms with Crippen LogP contribution in [-0.4, -0.2) is 47.9 Å². The number of fused-ring (bicyclic) bond motifs is 1. The maximum atomic E-state index is 12.4. The van der Waals surface area contributed by atoms with Crippen molar-refractivity contribution in [1.29, 1.82) is 5.26 Å². The number of likely N-dealkylation sites (tertiary alicyclic amines) is 2. The van der Waals surface area contributed by atoms with Crippen molar-refractivity contribution in [2.75, 3.05) is 20.1 Å². The first kappa shape index (κ1) is 14.9. The maximum Gasteiger partial charge on any atom is 0.318 e. The molecule has 3 rings (SSSR count). The summed E-state index contributed by atoms with van der Waals surface area (Å²) in [6, 6.07) is 5.57. The highest BCUT2D eigenvalue weighted by atomic mass is 32.1. The van der Waals surface area contributed by atoms with E-state index in [9.17, 15) is 9.59 Å². The Kier molecular flexibility index (Phi) is 4.03. The molecule has 0 saturated carbocycles. The molecule has 0 aromatic carbocycles. The van der Waals surface area contributed by atoms with Crippen molar-refractivity contribution in [3.63, 3.8) is 0 Å². The number of hydrogen-bond donors (Lipinski definition) is 1. The van der Waals surface area contributed by atoms with Gasteiger partial charge in [-0.1, -0.05) is 0 Å². The molecule has 22 heavy (non-hydrogen) atoms. The summed E-state index contributed by atoms with van der Waals surface area (Å²) < 4.78 is 0. The van der Waals surface area contributed by atoms with Gasteiger partial charge in [0.15, 0.2) is 0 Å². The molecule has 2 aliphatic rings. The standard InChI is InChI=1S/C15H18N4O2S/c1-18-9-13-12(14(18)20)3-2-6-19(13)15(21)17-8-11-5-4-10(7-16)22-11/h4-5,12-13H,2-3,6,8-9H2,1H3,(H,17,21)/t12-,13-/m1/s1. The quantitative estimate of drug-likeness (QED) is 0.895. The van der Waals surface area contributed by atoms with Gasteiger partial charge >= 0.3 is 6.03 Å². The van der Waals surface area contributed by atoms with Crippen LogP contribution in [0.5, 0.6) is 0 Å². The van der Waals surface area contributed by atoms with E-state index in [0.717, 1.165) is 17.7 Å². The normalized spacial score (nSPS) is 24.1. The smallest absolute Gasteiger partial charge is 0.318 e. The number of thiophene rings is 1. The predicted octanol–water partition coefficient (Wildman–Crippen LogP) is 1.38. The number of likely N-dealkylation sites (N-methyl/N-ethyl adjacent to an activating group) is 1. The average Bonchev–Trinajstić information content (AvgIpc) is 3.10. The lowest BCUT2D eigenvalue weighted by molar-refractivity contribution is -0.130. The van der Waals surface area contributed by atoms with E-state index in [4.69, 9.17) is 5.26 Å². The minimum absolute atomic E-state index is 0.00995. The monoisotopic (exact) mass is 318 g/mol. The Hall–Kier alpha value is -2.07. The van der Waals surface area contributed by atoms with Crippen LogP contribution in [0.2, 0.25) is 0 Å². The zero-order chi connectivity index (χ0) is 15.7. The minimum atomic E-state index is -0.121. The summed E-state index contributed by atoms with van der Waals surface area (Å²) in [5.41, 5.74) is 0. The Morgan fingerprint density at radius 3 is 3.09 bits per heavy atom. The van der Waals surface area contributed by atoms with Crippen LogP contribution in [-0.2, 0) is 11.3 Å². The summed E-state index contributed by atoms with van der Waals surface area (Å²) in [5, 5.41) is 11.7. The topological polar surface area (TPSA) is 76.4 Å². The Bertz CT molecular complexity index is 636. The first-order chi connectivity index (χ1) is 10.6. The van der Waals surface area contributed by atoms with Crippen molar-refractivity contribution in [2.24, 2.45) is 5.92 Å². The summed E-state index contributed by atoms with van der Waals surface area (Å²) in [6.45, 7) is 1.74. The van der Waals surface area contributed by atoms with Gasteiger partial charge in [0.05, 0.1) is 18.5 Å². The Morgan fingerprint density at radius 1 is 1.55 bits per heavy atom. The third kappa shape index (κ3) is 2.66. The first-order valence-electron chi connectivity index (χ1n) is 7.38. The van der Waals surface area contributed by atoms with Crippen LogP contribution in [0.4, 0.5) is 4.79 Å². The summed E-state index contributed by atoms with van der Waals surface area (Å²) in [5.74, 6) is 0.107. The van der Waals surface area contributed by atoms with Crippen LogP contribution < -0.4 is 5.32 Å². The molecule has 1 aromatic rings. The third-order valence-electron chi connectivity index (χ3n) is 4.38. The Morgan fingerprint density at radius 2 is 2.36 bits per heavy atom. The van der Waals surface area contributed by atoms with Gasteiger partial charge in [-0.15, -0.1) is 11.3 Å². The molecule has 0 spiro atoms. The van der Waals surface area contributed by atoms with Crippen molar-refractivity contribution in [3.8, 4) is 6.07 Å². The molecule has 3 heterocycles. The van der Waals surface area contributed by atoms with Gasteiger partial charge in [-0.25, -0.2) is 4.79 Å². The van der Waals surface area contributed by atoms with Gasteiger partial charge < -0.3 is 15.1 Å². The third-order valence-corrected chi connectivity index (χ3v) is 5.37. The molecule has 116 valence electrons. The number of carbonyl (C=O) groups is 2. The molecule has 3 amide bonds. The molecule has 0 aliphatic carbocycles. The van der Waals surface area contributed by atoms with E-state index in [1.165, 1.54) is 11.3 Å². The lowest BCUT2D eigenvalue weighted by Crippen LogP contribution is -2.52. The number of carbonyl (C=O) groups excluding carboxylic acids is 2. The van der Waals surface area contributed by atoms with E-state index in [2.05, 4.69) is 11.4 Å². The molecule has 0 bridgehead atoms. The number of nitrogens with zero attached hydrogens (tertiary/aromatic N) is 3. The molecule has 2 fully saturated rings. The Balaban J connectivity index is 1.62. The van der Waals surface area contributed by atoms with E-state index in [-0.39, 0.29) is 23.9 Å². The number of nitrogens with one attached hydrogen (secondary N) is 1. The van der Waals surface area contributed by atoms with Gasteiger partial charge in [0.25, 0.3) is 0 Å². The molecule has 2 atom stereocenters. The molecule has 2 saturated heterocycles. The fraction of sp³-hybridized carbons (Fsp3) is 0.533. The van der Waals surface area contributed by atoms with Crippen LogP contribution in [0.25, 0.3) is 0 Å². The summed E-state index contributed by atoms with van der Waals surface area (Å²) in [6.07, 6.45) is 1.74. The van der Waals surface area contributed by atoms with E-state index >= 15 is 0 Å². The molecule has 2 aliphatic heterocycles. The molecule has 7 heteroatoms. The summed E-state index contributed by atoms with van der Waals surface area (Å²) in [7, 11) is 1.80. The van der Waals surface area contributed by atoms with Gasteiger partial charge in [0.1, 0.15) is 10.9 Å².